The second kappa shape index (κ2) is 4.63. The fourth-order valence-corrected chi connectivity index (χ4v) is 4.10. The van der Waals surface area contributed by atoms with Gasteiger partial charge in [-0.1, -0.05) is 18.0 Å². The van der Waals surface area contributed by atoms with Gasteiger partial charge in [0, 0.05) is 6.04 Å². The van der Waals surface area contributed by atoms with Crippen LogP contribution < -0.4 is 5.32 Å². The molecule has 0 radical (unpaired) electrons. The van der Waals surface area contributed by atoms with E-state index < -0.39 is 5.97 Å². The summed E-state index contributed by atoms with van der Waals surface area (Å²) in [6.07, 6.45) is 5.20. The van der Waals surface area contributed by atoms with Crippen molar-refractivity contribution in [1.29, 1.82) is 0 Å². The van der Waals surface area contributed by atoms with E-state index in [0.29, 0.717) is 17.5 Å². The summed E-state index contributed by atoms with van der Waals surface area (Å²) < 4.78 is 0. The van der Waals surface area contributed by atoms with Crippen molar-refractivity contribution in [1.82, 2.24) is 9.97 Å². The van der Waals surface area contributed by atoms with Crippen molar-refractivity contribution in [2.75, 3.05) is 5.32 Å². The van der Waals surface area contributed by atoms with Crippen molar-refractivity contribution in [3.05, 3.63) is 22.7 Å². The fraction of sp³-hybridized carbons (Fsp3) is 0.467. The van der Waals surface area contributed by atoms with E-state index in [1.807, 2.05) is 0 Å². The summed E-state index contributed by atoms with van der Waals surface area (Å²) in [5, 5.41) is 12.8. The molecule has 21 heavy (non-hydrogen) atoms. The number of aromatic carboxylic acids is 1. The van der Waals surface area contributed by atoms with Crippen LogP contribution in [-0.2, 0) is 0 Å². The highest BCUT2D eigenvalue weighted by Crippen LogP contribution is 2.45. The molecule has 3 N–H and O–H groups in total. The van der Waals surface area contributed by atoms with Gasteiger partial charge in [0.2, 0.25) is 5.95 Å². The highest BCUT2D eigenvalue weighted by atomic mass is 35.5. The van der Waals surface area contributed by atoms with Gasteiger partial charge in [-0.05, 0) is 43.2 Å². The summed E-state index contributed by atoms with van der Waals surface area (Å²) in [5.41, 5.74) is 1.47. The normalized spacial score (nSPS) is 27.4. The van der Waals surface area contributed by atoms with Gasteiger partial charge >= 0.3 is 5.97 Å². The Balaban J connectivity index is 1.63. The molecular formula is C15H16ClN3O2. The molecule has 6 heteroatoms. The lowest BCUT2D eigenvalue weighted by Gasteiger charge is -2.22. The number of aromatic nitrogens is 2. The molecule has 2 aliphatic carbocycles. The Kier molecular flexibility index (Phi) is 2.85. The maximum atomic E-state index is 11.1. The molecule has 4 rings (SSSR count). The van der Waals surface area contributed by atoms with Crippen LogP contribution >= 0.6 is 11.6 Å². The summed E-state index contributed by atoms with van der Waals surface area (Å²) >= 11 is 5.98. The highest BCUT2D eigenvalue weighted by Gasteiger charge is 2.39. The number of aromatic amines is 1. The molecule has 3 atom stereocenters. The maximum absolute atomic E-state index is 11.1. The number of hydrogen-bond acceptors (Lipinski definition) is 3. The number of carboxylic acid groups (broad SMARTS) is 1. The lowest BCUT2D eigenvalue weighted by atomic mass is 9.95. The molecule has 1 heterocycles. The number of nitrogens with zero attached hydrogens (tertiary/aromatic N) is 1. The van der Waals surface area contributed by atoms with Crippen LogP contribution in [-0.4, -0.2) is 27.1 Å². The molecule has 110 valence electrons. The number of carboxylic acids is 1. The van der Waals surface area contributed by atoms with Gasteiger partial charge in [-0.15, -0.1) is 0 Å². The molecule has 1 aromatic carbocycles. The lowest BCUT2D eigenvalue weighted by Crippen LogP contribution is -2.26. The Morgan fingerprint density at radius 3 is 2.90 bits per heavy atom. The van der Waals surface area contributed by atoms with Gasteiger partial charge in [0.1, 0.15) is 0 Å². The Morgan fingerprint density at radius 2 is 2.24 bits per heavy atom. The van der Waals surface area contributed by atoms with Crippen LogP contribution in [0.25, 0.3) is 11.0 Å². The first-order valence-electron chi connectivity index (χ1n) is 7.29. The van der Waals surface area contributed by atoms with Gasteiger partial charge in [0.05, 0.1) is 21.6 Å². The van der Waals surface area contributed by atoms with E-state index in [9.17, 15) is 4.79 Å². The van der Waals surface area contributed by atoms with Crippen molar-refractivity contribution >= 4 is 34.6 Å². The van der Waals surface area contributed by atoms with Crippen LogP contribution in [0.3, 0.4) is 0 Å². The standard InChI is InChI=1S/C15H16ClN3O2/c16-10-6-13-12(5-9(10)14(20)21)18-15(19-13)17-11-4-7-1-2-8(11)3-7/h5-8,11H,1-4H2,(H,20,21)(H2,17,18,19)/t7-,8+,11+/m1/s1. The third kappa shape index (κ3) is 2.16. The molecule has 1 aromatic heterocycles. The van der Waals surface area contributed by atoms with Gasteiger partial charge < -0.3 is 15.4 Å². The van der Waals surface area contributed by atoms with Crippen LogP contribution in [0.2, 0.25) is 5.02 Å². The van der Waals surface area contributed by atoms with Gasteiger partial charge in [-0.3, -0.25) is 0 Å². The Bertz CT molecular complexity index is 727. The Hall–Kier alpha value is -1.75. The topological polar surface area (TPSA) is 78.0 Å². The van der Waals surface area contributed by atoms with Crippen LogP contribution in [0.1, 0.15) is 36.0 Å². The molecule has 0 saturated heterocycles. The Morgan fingerprint density at radius 1 is 1.38 bits per heavy atom. The molecule has 2 fully saturated rings. The van der Waals surface area contributed by atoms with Crippen LogP contribution in [0.15, 0.2) is 12.1 Å². The van der Waals surface area contributed by atoms with E-state index in [-0.39, 0.29) is 10.6 Å². The predicted octanol–water partition coefficient (Wildman–Crippen LogP) is 3.52. The molecule has 2 aromatic rings. The number of anilines is 1. The molecule has 0 unspecified atom stereocenters. The quantitative estimate of drug-likeness (QED) is 0.811. The fourth-order valence-electron chi connectivity index (χ4n) is 3.86. The van der Waals surface area contributed by atoms with E-state index in [2.05, 4.69) is 15.3 Å². The zero-order chi connectivity index (χ0) is 14.6. The minimum absolute atomic E-state index is 0.0853. The number of nitrogens with one attached hydrogen (secondary N) is 2. The minimum atomic E-state index is -1.03. The van der Waals surface area contributed by atoms with Crippen molar-refractivity contribution in [3.8, 4) is 0 Å². The molecule has 2 saturated carbocycles. The number of H-pyrrole nitrogens is 1. The van der Waals surface area contributed by atoms with E-state index in [1.165, 1.54) is 31.7 Å². The number of imidazole rings is 1. The van der Waals surface area contributed by atoms with Gasteiger partial charge in [-0.25, -0.2) is 9.78 Å². The number of hydrogen-bond donors (Lipinski definition) is 3. The Labute approximate surface area is 126 Å². The monoisotopic (exact) mass is 305 g/mol. The van der Waals surface area contributed by atoms with Crippen molar-refractivity contribution in [2.24, 2.45) is 11.8 Å². The summed E-state index contributed by atoms with van der Waals surface area (Å²) in [7, 11) is 0. The molecular weight excluding hydrogens is 290 g/mol. The molecule has 0 spiro atoms. The zero-order valence-corrected chi connectivity index (χ0v) is 12.2. The SMILES string of the molecule is O=C(O)c1cc2nc(N[C@H]3C[C@@H]4CC[C@H]3C4)[nH]c2cc1Cl. The smallest absolute Gasteiger partial charge is 0.337 e. The van der Waals surface area contributed by atoms with Gasteiger partial charge in [0.15, 0.2) is 0 Å². The third-order valence-electron chi connectivity index (χ3n) is 4.86. The second-order valence-electron chi connectivity index (χ2n) is 6.17. The summed E-state index contributed by atoms with van der Waals surface area (Å²) in [5.74, 6) is 1.29. The minimum Gasteiger partial charge on any atom is -0.478 e. The largest absolute Gasteiger partial charge is 0.478 e. The van der Waals surface area contributed by atoms with E-state index in [4.69, 9.17) is 16.7 Å². The molecule has 5 nitrogen and oxygen atoms in total. The number of halogens is 1. The number of benzene rings is 1. The van der Waals surface area contributed by atoms with Crippen molar-refractivity contribution < 1.29 is 9.90 Å². The summed E-state index contributed by atoms with van der Waals surface area (Å²) in [4.78, 5) is 18.7. The van der Waals surface area contributed by atoms with E-state index >= 15 is 0 Å². The van der Waals surface area contributed by atoms with Crippen LogP contribution in [0, 0.1) is 11.8 Å². The van der Waals surface area contributed by atoms with Crippen LogP contribution in [0.4, 0.5) is 5.95 Å². The number of rotatable bonds is 3. The highest BCUT2D eigenvalue weighted by molar-refractivity contribution is 6.34. The van der Waals surface area contributed by atoms with Crippen molar-refractivity contribution in [3.63, 3.8) is 0 Å². The average Bonchev–Trinajstić information content (AvgIpc) is 3.11. The molecule has 0 aliphatic heterocycles. The summed E-state index contributed by atoms with van der Waals surface area (Å²) in [6.45, 7) is 0. The van der Waals surface area contributed by atoms with Gasteiger partial charge in [0.25, 0.3) is 0 Å². The third-order valence-corrected chi connectivity index (χ3v) is 5.17. The van der Waals surface area contributed by atoms with E-state index in [0.717, 1.165) is 17.4 Å². The first-order chi connectivity index (χ1) is 10.1. The van der Waals surface area contributed by atoms with Gasteiger partial charge in [-0.2, -0.15) is 0 Å². The first-order valence-corrected chi connectivity index (χ1v) is 7.67. The first kappa shape index (κ1) is 13.0. The molecule has 2 bridgehead atoms. The average molecular weight is 306 g/mol. The molecule has 0 amide bonds. The van der Waals surface area contributed by atoms with E-state index in [1.54, 1.807) is 6.07 Å². The lowest BCUT2D eigenvalue weighted by molar-refractivity contribution is 0.0697. The summed E-state index contributed by atoms with van der Waals surface area (Å²) in [6, 6.07) is 3.63. The zero-order valence-electron chi connectivity index (χ0n) is 11.4. The number of carbonyl (C=O) groups is 1. The maximum Gasteiger partial charge on any atom is 0.337 e. The van der Waals surface area contributed by atoms with Crippen LogP contribution in [0.5, 0.6) is 0 Å². The second-order valence-corrected chi connectivity index (χ2v) is 6.57. The van der Waals surface area contributed by atoms with Crippen molar-refractivity contribution in [2.45, 2.75) is 31.7 Å². The number of fused-ring (bicyclic) bond motifs is 3. The molecule has 2 aliphatic rings. The predicted molar refractivity (Wildman–Crippen MR) is 80.9 cm³/mol.